The van der Waals surface area contributed by atoms with Crippen LogP contribution < -0.4 is 10.1 Å². The second-order valence-electron chi connectivity index (χ2n) is 7.56. The maximum atomic E-state index is 12.5. The second kappa shape index (κ2) is 8.79. The van der Waals surface area contributed by atoms with Crippen molar-refractivity contribution in [2.24, 2.45) is 5.92 Å². The fraction of sp³-hybridized carbons (Fsp3) is 0.304. The van der Waals surface area contributed by atoms with E-state index in [1.54, 1.807) is 12.0 Å². The minimum Gasteiger partial charge on any atom is -0.497 e. The summed E-state index contributed by atoms with van der Waals surface area (Å²) in [4.78, 5) is 30.0. The zero-order valence-corrected chi connectivity index (χ0v) is 17.5. The van der Waals surface area contributed by atoms with Crippen LogP contribution in [0.4, 0.5) is 0 Å². The summed E-state index contributed by atoms with van der Waals surface area (Å²) in [5.41, 5.74) is 3.13. The van der Waals surface area contributed by atoms with Crippen molar-refractivity contribution >= 4 is 34.3 Å². The van der Waals surface area contributed by atoms with Gasteiger partial charge in [-0.25, -0.2) is 0 Å². The third-order valence-corrected chi connectivity index (χ3v) is 5.83. The fourth-order valence-corrected chi connectivity index (χ4v) is 4.03. The lowest BCUT2D eigenvalue weighted by Gasteiger charge is -2.16. The smallest absolute Gasteiger partial charge is 0.225 e. The highest BCUT2D eigenvalue weighted by atomic mass is 35.5. The minimum absolute atomic E-state index is 0.0254. The summed E-state index contributed by atoms with van der Waals surface area (Å²) in [5.74, 6) is 0.408. The van der Waals surface area contributed by atoms with Crippen LogP contribution in [0.15, 0.2) is 48.7 Å². The Bertz CT molecular complexity index is 1060. The van der Waals surface area contributed by atoms with Crippen molar-refractivity contribution in [3.05, 3.63) is 64.8 Å². The van der Waals surface area contributed by atoms with E-state index >= 15 is 0 Å². The number of aromatic amines is 1. The average molecular weight is 426 g/mol. The zero-order chi connectivity index (χ0) is 21.1. The highest BCUT2D eigenvalue weighted by molar-refractivity contribution is 6.31. The fourth-order valence-electron chi connectivity index (χ4n) is 3.85. The molecule has 0 aliphatic carbocycles. The number of amides is 2. The molecule has 0 bridgehead atoms. The van der Waals surface area contributed by atoms with E-state index in [1.165, 1.54) is 0 Å². The molecule has 1 atom stereocenters. The number of carbonyl (C=O) groups excluding carboxylic acids is 2. The molecule has 4 rings (SSSR count). The molecule has 1 aromatic heterocycles. The van der Waals surface area contributed by atoms with Crippen molar-refractivity contribution < 1.29 is 14.3 Å². The SMILES string of the molecule is COc1ccc(CNC(=O)[C@@H]2CC(=O)N(CCc3c[nH]c4ccc(Cl)cc34)C2)cc1. The molecule has 0 radical (unpaired) electrons. The number of benzene rings is 2. The quantitative estimate of drug-likeness (QED) is 0.608. The molecule has 1 saturated heterocycles. The lowest BCUT2D eigenvalue weighted by Crippen LogP contribution is -2.33. The first-order valence-corrected chi connectivity index (χ1v) is 10.3. The standard InChI is InChI=1S/C23H24ClN3O3/c1-30-19-5-2-15(3-6-19)12-26-23(29)17-10-22(28)27(14-17)9-8-16-13-25-21-7-4-18(24)11-20(16)21/h2-7,11,13,17,25H,8-10,12,14H2,1H3,(H,26,29)/t17-/m1/s1. The predicted octanol–water partition coefficient (Wildman–Crippen LogP) is 3.54. The lowest BCUT2D eigenvalue weighted by atomic mass is 10.1. The Morgan fingerprint density at radius 1 is 1.27 bits per heavy atom. The van der Waals surface area contributed by atoms with Gasteiger partial charge in [0.05, 0.1) is 13.0 Å². The number of nitrogens with one attached hydrogen (secondary N) is 2. The van der Waals surface area contributed by atoms with Crippen molar-refractivity contribution in [2.45, 2.75) is 19.4 Å². The molecule has 2 heterocycles. The molecule has 2 amide bonds. The summed E-state index contributed by atoms with van der Waals surface area (Å²) >= 11 is 6.11. The Kier molecular flexibility index (Phi) is 5.95. The molecular formula is C23H24ClN3O3. The number of methoxy groups -OCH3 is 1. The van der Waals surface area contributed by atoms with Crippen molar-refractivity contribution in [3.8, 4) is 5.75 Å². The summed E-state index contributed by atoms with van der Waals surface area (Å²) < 4.78 is 5.14. The van der Waals surface area contributed by atoms with Gasteiger partial charge in [-0.1, -0.05) is 23.7 Å². The molecule has 0 spiro atoms. The number of fused-ring (bicyclic) bond motifs is 1. The normalized spacial score (nSPS) is 16.3. The minimum atomic E-state index is -0.312. The van der Waals surface area contributed by atoms with E-state index in [0.29, 0.717) is 31.1 Å². The first-order valence-electron chi connectivity index (χ1n) is 9.97. The maximum absolute atomic E-state index is 12.5. The number of ether oxygens (including phenoxy) is 1. The molecule has 1 fully saturated rings. The van der Waals surface area contributed by atoms with Crippen LogP contribution in [0.1, 0.15) is 17.5 Å². The number of nitrogens with zero attached hydrogens (tertiary/aromatic N) is 1. The van der Waals surface area contributed by atoms with Gasteiger partial charge in [-0.2, -0.15) is 0 Å². The molecule has 2 aromatic carbocycles. The molecular weight excluding hydrogens is 402 g/mol. The third kappa shape index (κ3) is 4.44. The number of likely N-dealkylation sites (tertiary alicyclic amines) is 1. The first kappa shape index (κ1) is 20.3. The van der Waals surface area contributed by atoms with Gasteiger partial charge in [0, 0.05) is 48.2 Å². The van der Waals surface area contributed by atoms with Crippen LogP contribution in [0.3, 0.4) is 0 Å². The van der Waals surface area contributed by atoms with Crippen LogP contribution in [0, 0.1) is 5.92 Å². The Morgan fingerprint density at radius 3 is 2.83 bits per heavy atom. The summed E-state index contributed by atoms with van der Waals surface area (Å²) in [7, 11) is 1.62. The molecule has 30 heavy (non-hydrogen) atoms. The molecule has 0 saturated carbocycles. The van der Waals surface area contributed by atoms with E-state index in [4.69, 9.17) is 16.3 Å². The van der Waals surface area contributed by atoms with Crippen LogP contribution >= 0.6 is 11.6 Å². The number of carbonyl (C=O) groups is 2. The van der Waals surface area contributed by atoms with E-state index in [-0.39, 0.29) is 24.2 Å². The summed E-state index contributed by atoms with van der Waals surface area (Å²) in [5, 5.41) is 4.70. The van der Waals surface area contributed by atoms with Gasteiger partial charge in [0.2, 0.25) is 11.8 Å². The van der Waals surface area contributed by atoms with Crippen molar-refractivity contribution in [1.29, 1.82) is 0 Å². The number of halogens is 1. The zero-order valence-electron chi connectivity index (χ0n) is 16.8. The number of hydrogen-bond acceptors (Lipinski definition) is 3. The Labute approximate surface area is 180 Å². The molecule has 6 nitrogen and oxygen atoms in total. The molecule has 156 valence electrons. The van der Waals surface area contributed by atoms with Crippen molar-refractivity contribution in [3.63, 3.8) is 0 Å². The summed E-state index contributed by atoms with van der Waals surface area (Å²) in [6.45, 7) is 1.47. The van der Waals surface area contributed by atoms with Crippen LogP contribution in [0.5, 0.6) is 5.75 Å². The van der Waals surface area contributed by atoms with Gasteiger partial charge >= 0.3 is 0 Å². The summed E-state index contributed by atoms with van der Waals surface area (Å²) in [6.07, 6.45) is 2.93. The number of aromatic nitrogens is 1. The van der Waals surface area contributed by atoms with Gasteiger partial charge in [0.25, 0.3) is 0 Å². The van der Waals surface area contributed by atoms with Crippen molar-refractivity contribution in [2.75, 3.05) is 20.2 Å². The van der Waals surface area contributed by atoms with Gasteiger partial charge in [-0.05, 0) is 47.9 Å². The molecule has 2 N–H and O–H groups in total. The van der Waals surface area contributed by atoms with Gasteiger partial charge in [0.1, 0.15) is 5.75 Å². The van der Waals surface area contributed by atoms with Gasteiger partial charge in [0.15, 0.2) is 0 Å². The van der Waals surface area contributed by atoms with E-state index in [1.807, 2.05) is 48.7 Å². The Balaban J connectivity index is 1.30. The van der Waals surface area contributed by atoms with Crippen molar-refractivity contribution in [1.82, 2.24) is 15.2 Å². The van der Waals surface area contributed by atoms with Gasteiger partial charge in [-0.3, -0.25) is 9.59 Å². The molecule has 1 aliphatic rings. The van der Waals surface area contributed by atoms with Gasteiger partial charge < -0.3 is 19.9 Å². The first-order chi connectivity index (χ1) is 14.5. The molecule has 1 aliphatic heterocycles. The van der Waals surface area contributed by atoms with E-state index in [9.17, 15) is 9.59 Å². The third-order valence-electron chi connectivity index (χ3n) is 5.59. The van der Waals surface area contributed by atoms with Crippen LogP contribution in [-0.2, 0) is 22.6 Å². The highest BCUT2D eigenvalue weighted by Crippen LogP contribution is 2.24. The topological polar surface area (TPSA) is 74.4 Å². The summed E-state index contributed by atoms with van der Waals surface area (Å²) in [6, 6.07) is 13.3. The molecule has 0 unspecified atom stereocenters. The number of H-pyrrole nitrogens is 1. The predicted molar refractivity (Wildman–Crippen MR) is 117 cm³/mol. The molecule has 3 aromatic rings. The van der Waals surface area contributed by atoms with Crippen LogP contribution in [0.25, 0.3) is 10.9 Å². The maximum Gasteiger partial charge on any atom is 0.225 e. The second-order valence-corrected chi connectivity index (χ2v) is 8.00. The number of rotatable bonds is 7. The molecule has 7 heteroatoms. The number of hydrogen-bond donors (Lipinski definition) is 2. The Morgan fingerprint density at radius 2 is 2.07 bits per heavy atom. The largest absolute Gasteiger partial charge is 0.497 e. The van der Waals surface area contributed by atoms with E-state index < -0.39 is 0 Å². The van der Waals surface area contributed by atoms with Crippen LogP contribution in [-0.4, -0.2) is 41.9 Å². The Hall–Kier alpha value is -2.99. The van der Waals surface area contributed by atoms with Crippen LogP contribution in [0.2, 0.25) is 5.02 Å². The highest BCUT2D eigenvalue weighted by Gasteiger charge is 2.33. The van der Waals surface area contributed by atoms with Gasteiger partial charge in [-0.15, -0.1) is 0 Å². The van der Waals surface area contributed by atoms with E-state index in [0.717, 1.165) is 27.8 Å². The van der Waals surface area contributed by atoms with E-state index in [2.05, 4.69) is 10.3 Å². The average Bonchev–Trinajstić information content (AvgIpc) is 3.33. The monoisotopic (exact) mass is 425 g/mol. The lowest BCUT2D eigenvalue weighted by molar-refractivity contribution is -0.129.